The quantitative estimate of drug-likeness (QED) is 0.787. The summed E-state index contributed by atoms with van der Waals surface area (Å²) in [6.45, 7) is 3.67. The smallest absolute Gasteiger partial charge is 0.313 e. The van der Waals surface area contributed by atoms with E-state index in [2.05, 4.69) is 10.6 Å². The predicted molar refractivity (Wildman–Crippen MR) is 62.9 cm³/mol. The van der Waals surface area contributed by atoms with Crippen molar-refractivity contribution in [1.29, 1.82) is 0 Å². The van der Waals surface area contributed by atoms with Gasteiger partial charge >= 0.3 is 11.8 Å². The van der Waals surface area contributed by atoms with Gasteiger partial charge in [-0.1, -0.05) is 19.1 Å². The minimum atomic E-state index is -0.865. The van der Waals surface area contributed by atoms with Crippen molar-refractivity contribution in [3.63, 3.8) is 0 Å². The van der Waals surface area contributed by atoms with Crippen LogP contribution < -0.4 is 10.6 Å². The lowest BCUT2D eigenvalue weighted by Crippen LogP contribution is -2.40. The topological polar surface area (TPSA) is 58.2 Å². The van der Waals surface area contributed by atoms with Crippen molar-refractivity contribution in [2.24, 2.45) is 0 Å². The molecule has 1 atom stereocenters. The van der Waals surface area contributed by atoms with E-state index < -0.39 is 17.6 Å². The summed E-state index contributed by atoms with van der Waals surface area (Å²) in [5.74, 6) is -2.20. The van der Waals surface area contributed by atoms with Crippen molar-refractivity contribution in [2.75, 3.05) is 5.32 Å². The number of rotatable bonds is 3. The first-order valence-electron chi connectivity index (χ1n) is 5.41. The zero-order valence-electron chi connectivity index (χ0n) is 9.79. The zero-order valence-corrected chi connectivity index (χ0v) is 9.79. The number of halogens is 1. The van der Waals surface area contributed by atoms with Gasteiger partial charge in [-0.25, -0.2) is 4.39 Å². The number of hydrogen-bond acceptors (Lipinski definition) is 2. The lowest BCUT2D eigenvalue weighted by atomic mass is 10.2. The van der Waals surface area contributed by atoms with Gasteiger partial charge in [-0.15, -0.1) is 0 Å². The average Bonchev–Trinajstić information content (AvgIpc) is 2.31. The summed E-state index contributed by atoms with van der Waals surface area (Å²) >= 11 is 0. The highest BCUT2D eigenvalue weighted by Gasteiger charge is 2.16. The SMILES string of the molecule is CC[C@H](C)NC(=O)C(=O)Nc1ccccc1F. The van der Waals surface area contributed by atoms with Crippen LogP contribution in [0.5, 0.6) is 0 Å². The highest BCUT2D eigenvalue weighted by molar-refractivity contribution is 6.39. The number of para-hydroxylation sites is 1. The molecule has 0 aromatic heterocycles. The molecule has 0 radical (unpaired) electrons. The number of amides is 2. The third-order valence-corrected chi connectivity index (χ3v) is 2.32. The summed E-state index contributed by atoms with van der Waals surface area (Å²) in [7, 11) is 0. The van der Waals surface area contributed by atoms with Crippen molar-refractivity contribution in [1.82, 2.24) is 5.32 Å². The van der Waals surface area contributed by atoms with Gasteiger partial charge in [0.05, 0.1) is 5.69 Å². The summed E-state index contributed by atoms with van der Waals surface area (Å²) in [5, 5.41) is 4.71. The standard InChI is InChI=1S/C12H15FN2O2/c1-3-8(2)14-11(16)12(17)15-10-7-5-4-6-9(10)13/h4-8H,3H2,1-2H3,(H,14,16)(H,15,17)/t8-/m0/s1. The van der Waals surface area contributed by atoms with Crippen molar-refractivity contribution < 1.29 is 14.0 Å². The van der Waals surface area contributed by atoms with Crippen LogP contribution in [0.1, 0.15) is 20.3 Å². The molecular formula is C12H15FN2O2. The minimum absolute atomic E-state index is 0.00296. The van der Waals surface area contributed by atoms with Crippen molar-refractivity contribution in [2.45, 2.75) is 26.3 Å². The Hall–Kier alpha value is -1.91. The second-order valence-corrected chi connectivity index (χ2v) is 3.72. The van der Waals surface area contributed by atoms with Gasteiger partial charge in [0.25, 0.3) is 0 Å². The first kappa shape index (κ1) is 13.2. The van der Waals surface area contributed by atoms with Crippen molar-refractivity contribution >= 4 is 17.5 Å². The molecule has 0 fully saturated rings. The van der Waals surface area contributed by atoms with E-state index in [0.29, 0.717) is 0 Å². The lowest BCUT2D eigenvalue weighted by Gasteiger charge is -2.11. The van der Waals surface area contributed by atoms with Crippen LogP contribution in [0.3, 0.4) is 0 Å². The third kappa shape index (κ3) is 3.86. The average molecular weight is 238 g/mol. The van der Waals surface area contributed by atoms with E-state index in [4.69, 9.17) is 0 Å². The van der Waals surface area contributed by atoms with Crippen LogP contribution in [0.4, 0.5) is 10.1 Å². The van der Waals surface area contributed by atoms with Gasteiger partial charge in [0.2, 0.25) is 0 Å². The number of nitrogens with one attached hydrogen (secondary N) is 2. The molecule has 92 valence electrons. The summed E-state index contributed by atoms with van der Waals surface area (Å²) in [6, 6.07) is 5.59. The molecule has 0 bridgehead atoms. The Kier molecular flexibility index (Phi) is 4.63. The molecule has 0 heterocycles. The summed E-state index contributed by atoms with van der Waals surface area (Å²) in [5.41, 5.74) is -0.00296. The normalized spacial score (nSPS) is 11.7. The first-order chi connectivity index (χ1) is 8.04. The van der Waals surface area contributed by atoms with Gasteiger partial charge in [-0.3, -0.25) is 9.59 Å². The van der Waals surface area contributed by atoms with E-state index in [0.717, 1.165) is 6.42 Å². The lowest BCUT2D eigenvalue weighted by molar-refractivity contribution is -0.136. The van der Waals surface area contributed by atoms with Crippen LogP contribution >= 0.6 is 0 Å². The van der Waals surface area contributed by atoms with Gasteiger partial charge in [0.1, 0.15) is 5.82 Å². The maximum atomic E-state index is 13.2. The van der Waals surface area contributed by atoms with Gasteiger partial charge in [-0.05, 0) is 25.5 Å². The number of anilines is 1. The Morgan fingerprint density at radius 2 is 1.94 bits per heavy atom. The van der Waals surface area contributed by atoms with Crippen LogP contribution in [0.15, 0.2) is 24.3 Å². The minimum Gasteiger partial charge on any atom is -0.345 e. The van der Waals surface area contributed by atoms with Crippen LogP contribution in [0.2, 0.25) is 0 Å². The fourth-order valence-electron chi connectivity index (χ4n) is 1.13. The first-order valence-corrected chi connectivity index (χ1v) is 5.41. The molecule has 4 nitrogen and oxygen atoms in total. The molecule has 0 saturated carbocycles. The van der Waals surface area contributed by atoms with Crippen molar-refractivity contribution in [3.8, 4) is 0 Å². The molecule has 0 unspecified atom stereocenters. The molecule has 0 aliphatic carbocycles. The van der Waals surface area contributed by atoms with Gasteiger partial charge in [0.15, 0.2) is 0 Å². The third-order valence-electron chi connectivity index (χ3n) is 2.32. The summed E-state index contributed by atoms with van der Waals surface area (Å²) < 4.78 is 13.2. The van der Waals surface area contributed by atoms with E-state index in [9.17, 15) is 14.0 Å². The van der Waals surface area contributed by atoms with Crippen LogP contribution in [-0.2, 0) is 9.59 Å². The Bertz CT molecular complexity index is 421. The fourth-order valence-corrected chi connectivity index (χ4v) is 1.13. The molecule has 2 N–H and O–H groups in total. The van der Waals surface area contributed by atoms with E-state index in [1.165, 1.54) is 18.2 Å². The number of hydrogen-bond donors (Lipinski definition) is 2. The van der Waals surface area contributed by atoms with Crippen molar-refractivity contribution in [3.05, 3.63) is 30.1 Å². The number of benzene rings is 1. The molecule has 0 saturated heterocycles. The Morgan fingerprint density at radius 1 is 1.29 bits per heavy atom. The molecule has 5 heteroatoms. The van der Waals surface area contributed by atoms with Gasteiger partial charge in [0, 0.05) is 6.04 Å². The van der Waals surface area contributed by atoms with E-state index in [1.807, 2.05) is 6.92 Å². The molecule has 0 aliphatic heterocycles. The largest absolute Gasteiger partial charge is 0.345 e. The van der Waals surface area contributed by atoms with Crippen LogP contribution in [-0.4, -0.2) is 17.9 Å². The number of carbonyl (C=O) groups is 2. The molecule has 17 heavy (non-hydrogen) atoms. The van der Waals surface area contributed by atoms with E-state index >= 15 is 0 Å². The summed E-state index contributed by atoms with van der Waals surface area (Å²) in [6.07, 6.45) is 0.721. The molecule has 0 spiro atoms. The monoisotopic (exact) mass is 238 g/mol. The maximum absolute atomic E-state index is 13.2. The molecule has 1 aromatic rings. The molecule has 1 rings (SSSR count). The molecule has 2 amide bonds. The molecule has 1 aromatic carbocycles. The van der Waals surface area contributed by atoms with Crippen LogP contribution in [0, 0.1) is 5.82 Å². The zero-order chi connectivity index (χ0) is 12.8. The van der Waals surface area contributed by atoms with Gasteiger partial charge in [-0.2, -0.15) is 0 Å². The predicted octanol–water partition coefficient (Wildman–Crippen LogP) is 1.68. The molecular weight excluding hydrogens is 223 g/mol. The van der Waals surface area contributed by atoms with E-state index in [-0.39, 0.29) is 11.7 Å². The number of carbonyl (C=O) groups excluding carboxylic acids is 2. The maximum Gasteiger partial charge on any atom is 0.313 e. The Labute approximate surface area is 99.2 Å². The van der Waals surface area contributed by atoms with E-state index in [1.54, 1.807) is 13.0 Å². The van der Waals surface area contributed by atoms with Gasteiger partial charge < -0.3 is 10.6 Å². The summed E-state index contributed by atoms with van der Waals surface area (Å²) in [4.78, 5) is 22.8. The second-order valence-electron chi connectivity index (χ2n) is 3.72. The fraction of sp³-hybridized carbons (Fsp3) is 0.333. The second kappa shape index (κ2) is 5.98. The Morgan fingerprint density at radius 3 is 2.53 bits per heavy atom. The molecule has 0 aliphatic rings. The highest BCUT2D eigenvalue weighted by Crippen LogP contribution is 2.11. The van der Waals surface area contributed by atoms with Crippen LogP contribution in [0.25, 0.3) is 0 Å². The highest BCUT2D eigenvalue weighted by atomic mass is 19.1. The Balaban J connectivity index is 2.61.